The predicted octanol–water partition coefficient (Wildman–Crippen LogP) is 5.39. The third-order valence-electron chi connectivity index (χ3n) is 4.80. The summed E-state index contributed by atoms with van der Waals surface area (Å²) in [6.07, 6.45) is 1.10. The Kier molecular flexibility index (Phi) is 4.42. The molecule has 1 aliphatic rings. The molecule has 2 unspecified atom stereocenters. The van der Waals surface area contributed by atoms with E-state index in [0.29, 0.717) is 12.1 Å². The Hall–Kier alpha value is -2.22. The van der Waals surface area contributed by atoms with Crippen molar-refractivity contribution in [2.24, 2.45) is 0 Å². The summed E-state index contributed by atoms with van der Waals surface area (Å²) in [6, 6.07) is 20.3. The summed E-state index contributed by atoms with van der Waals surface area (Å²) >= 11 is 0. The van der Waals surface area contributed by atoms with Gasteiger partial charge in [-0.2, -0.15) is 0 Å². The lowest BCUT2D eigenvalue weighted by molar-refractivity contribution is 0.489. The van der Waals surface area contributed by atoms with Crippen molar-refractivity contribution in [3.05, 3.63) is 72.4 Å². The summed E-state index contributed by atoms with van der Waals surface area (Å²) in [4.78, 5) is 4.90. The maximum absolute atomic E-state index is 4.26. The molecule has 0 saturated heterocycles. The van der Waals surface area contributed by atoms with Crippen molar-refractivity contribution in [2.45, 2.75) is 39.3 Å². The first-order valence-electron chi connectivity index (χ1n) is 8.48. The second kappa shape index (κ2) is 6.49. The SMILES string of the molecule is C=C(C)N(c1ccccc1)C1CC(C)N(CC)c2ccccc21. The first kappa shape index (κ1) is 15.7. The monoisotopic (exact) mass is 306 g/mol. The van der Waals surface area contributed by atoms with Gasteiger partial charge in [0.25, 0.3) is 0 Å². The van der Waals surface area contributed by atoms with Gasteiger partial charge in [-0.25, -0.2) is 0 Å². The van der Waals surface area contributed by atoms with Crippen molar-refractivity contribution in [1.82, 2.24) is 0 Å². The Morgan fingerprint density at radius 3 is 2.43 bits per heavy atom. The van der Waals surface area contributed by atoms with Crippen LogP contribution >= 0.6 is 0 Å². The van der Waals surface area contributed by atoms with Crippen LogP contribution in [0.3, 0.4) is 0 Å². The van der Waals surface area contributed by atoms with Crippen LogP contribution in [0.2, 0.25) is 0 Å². The van der Waals surface area contributed by atoms with E-state index >= 15 is 0 Å². The molecule has 3 rings (SSSR count). The van der Waals surface area contributed by atoms with Gasteiger partial charge in [-0.15, -0.1) is 0 Å². The van der Waals surface area contributed by atoms with E-state index in [1.54, 1.807) is 0 Å². The number of rotatable bonds is 4. The van der Waals surface area contributed by atoms with E-state index in [4.69, 9.17) is 0 Å². The van der Waals surface area contributed by atoms with Gasteiger partial charge in [-0.1, -0.05) is 43.0 Å². The molecule has 0 fully saturated rings. The van der Waals surface area contributed by atoms with Crippen LogP contribution in [0, 0.1) is 0 Å². The van der Waals surface area contributed by atoms with Gasteiger partial charge in [-0.05, 0) is 51.0 Å². The maximum Gasteiger partial charge on any atom is 0.0627 e. The molecular weight excluding hydrogens is 280 g/mol. The van der Waals surface area contributed by atoms with Crippen molar-refractivity contribution < 1.29 is 0 Å². The zero-order valence-corrected chi connectivity index (χ0v) is 14.4. The van der Waals surface area contributed by atoms with E-state index in [0.717, 1.165) is 18.7 Å². The average molecular weight is 306 g/mol. The predicted molar refractivity (Wildman–Crippen MR) is 100 cm³/mol. The lowest BCUT2D eigenvalue weighted by atomic mass is 9.90. The van der Waals surface area contributed by atoms with Gasteiger partial charge in [0.1, 0.15) is 0 Å². The summed E-state index contributed by atoms with van der Waals surface area (Å²) in [5.41, 5.74) is 5.07. The number of anilines is 2. The molecule has 2 nitrogen and oxygen atoms in total. The normalized spacial score (nSPS) is 20.0. The highest BCUT2D eigenvalue weighted by molar-refractivity contribution is 5.63. The fourth-order valence-electron chi connectivity index (χ4n) is 3.83. The molecule has 0 bridgehead atoms. The Labute approximate surface area is 140 Å². The van der Waals surface area contributed by atoms with Gasteiger partial charge in [0, 0.05) is 29.7 Å². The van der Waals surface area contributed by atoms with E-state index in [1.165, 1.54) is 16.9 Å². The largest absolute Gasteiger partial charge is 0.369 e. The molecule has 0 aromatic heterocycles. The lowest BCUT2D eigenvalue weighted by Crippen LogP contribution is -2.43. The summed E-state index contributed by atoms with van der Waals surface area (Å²) in [5, 5.41) is 0. The topological polar surface area (TPSA) is 6.48 Å². The lowest BCUT2D eigenvalue weighted by Gasteiger charge is -2.45. The molecule has 2 aromatic rings. The van der Waals surface area contributed by atoms with E-state index in [1.807, 2.05) is 0 Å². The number of nitrogens with zero attached hydrogens (tertiary/aromatic N) is 2. The minimum absolute atomic E-state index is 0.337. The van der Waals surface area contributed by atoms with Crippen LogP contribution in [0.15, 0.2) is 66.9 Å². The van der Waals surface area contributed by atoms with Crippen molar-refractivity contribution >= 4 is 11.4 Å². The molecule has 0 amide bonds. The minimum Gasteiger partial charge on any atom is -0.369 e. The van der Waals surface area contributed by atoms with Crippen LogP contribution in [0.5, 0.6) is 0 Å². The van der Waals surface area contributed by atoms with Crippen LogP contribution in [0.4, 0.5) is 11.4 Å². The molecule has 1 aliphatic heterocycles. The van der Waals surface area contributed by atoms with Crippen molar-refractivity contribution in [3.63, 3.8) is 0 Å². The van der Waals surface area contributed by atoms with Gasteiger partial charge in [0.05, 0.1) is 6.04 Å². The number of para-hydroxylation sites is 2. The second-order valence-electron chi connectivity index (χ2n) is 6.39. The van der Waals surface area contributed by atoms with Gasteiger partial charge < -0.3 is 9.80 Å². The Morgan fingerprint density at radius 2 is 1.78 bits per heavy atom. The molecule has 2 aromatic carbocycles. The molecular formula is C21H26N2. The van der Waals surface area contributed by atoms with Crippen molar-refractivity contribution in [3.8, 4) is 0 Å². The van der Waals surface area contributed by atoms with Crippen molar-refractivity contribution in [2.75, 3.05) is 16.3 Å². The number of benzene rings is 2. The quantitative estimate of drug-likeness (QED) is 0.747. The Balaban J connectivity index is 2.09. The number of hydrogen-bond donors (Lipinski definition) is 0. The average Bonchev–Trinajstić information content (AvgIpc) is 2.56. The first-order chi connectivity index (χ1) is 11.1. The fraction of sp³-hybridized carbons (Fsp3) is 0.333. The van der Waals surface area contributed by atoms with Crippen LogP contribution < -0.4 is 9.80 Å². The summed E-state index contributed by atoms with van der Waals surface area (Å²) < 4.78 is 0. The number of fused-ring (bicyclic) bond motifs is 1. The van der Waals surface area contributed by atoms with Gasteiger partial charge in [0.2, 0.25) is 0 Å². The maximum atomic E-state index is 4.26. The molecule has 0 saturated carbocycles. The molecule has 0 aliphatic carbocycles. The van der Waals surface area contributed by atoms with Crippen molar-refractivity contribution in [1.29, 1.82) is 0 Å². The zero-order chi connectivity index (χ0) is 16.4. The summed E-state index contributed by atoms with van der Waals surface area (Å²) in [7, 11) is 0. The third-order valence-corrected chi connectivity index (χ3v) is 4.80. The van der Waals surface area contributed by atoms with Gasteiger partial charge >= 0.3 is 0 Å². The number of hydrogen-bond acceptors (Lipinski definition) is 2. The smallest absolute Gasteiger partial charge is 0.0627 e. The molecule has 0 spiro atoms. The number of allylic oxidation sites excluding steroid dienone is 1. The highest BCUT2D eigenvalue weighted by atomic mass is 15.2. The molecule has 0 N–H and O–H groups in total. The van der Waals surface area contributed by atoms with Gasteiger partial charge in [-0.3, -0.25) is 0 Å². The summed E-state index contributed by atoms with van der Waals surface area (Å²) in [6.45, 7) is 12.0. The van der Waals surface area contributed by atoms with Crippen LogP contribution in [-0.2, 0) is 0 Å². The van der Waals surface area contributed by atoms with Crippen LogP contribution in [0.1, 0.15) is 38.8 Å². The zero-order valence-electron chi connectivity index (χ0n) is 14.4. The minimum atomic E-state index is 0.337. The highest BCUT2D eigenvalue weighted by Crippen LogP contribution is 2.43. The Morgan fingerprint density at radius 1 is 1.13 bits per heavy atom. The molecule has 2 atom stereocenters. The fourth-order valence-corrected chi connectivity index (χ4v) is 3.83. The Bertz CT molecular complexity index is 677. The first-order valence-corrected chi connectivity index (χ1v) is 8.48. The second-order valence-corrected chi connectivity index (χ2v) is 6.39. The third kappa shape index (κ3) is 2.86. The molecule has 2 heteroatoms. The molecule has 1 heterocycles. The molecule has 120 valence electrons. The van der Waals surface area contributed by atoms with Crippen LogP contribution in [0.25, 0.3) is 0 Å². The van der Waals surface area contributed by atoms with E-state index in [-0.39, 0.29) is 0 Å². The van der Waals surface area contributed by atoms with E-state index in [9.17, 15) is 0 Å². The highest BCUT2D eigenvalue weighted by Gasteiger charge is 2.33. The van der Waals surface area contributed by atoms with Crippen LogP contribution in [-0.4, -0.2) is 12.6 Å². The van der Waals surface area contributed by atoms with E-state index in [2.05, 4.69) is 91.7 Å². The standard InChI is InChI=1S/C21H26N2/c1-5-22-17(4)15-21(19-13-9-10-14-20(19)22)23(16(2)3)18-11-7-6-8-12-18/h6-14,17,21H,2,5,15H2,1,3-4H3. The van der Waals surface area contributed by atoms with E-state index < -0.39 is 0 Å². The molecule has 23 heavy (non-hydrogen) atoms. The summed E-state index contributed by atoms with van der Waals surface area (Å²) in [5.74, 6) is 0. The van der Waals surface area contributed by atoms with Gasteiger partial charge in [0.15, 0.2) is 0 Å². The molecule has 0 radical (unpaired) electrons.